The second-order valence-corrected chi connectivity index (χ2v) is 8.34. The van der Waals surface area contributed by atoms with Crippen molar-refractivity contribution in [3.05, 3.63) is 59.9 Å². The minimum Gasteiger partial charge on any atom is -0.489 e. The molecule has 1 amide bonds. The number of hydrogen-bond acceptors (Lipinski definition) is 3. The van der Waals surface area contributed by atoms with Crippen LogP contribution in [0.3, 0.4) is 0 Å². The number of likely N-dealkylation sites (tertiary alicyclic amines) is 1. The van der Waals surface area contributed by atoms with Gasteiger partial charge >= 0.3 is 0 Å². The van der Waals surface area contributed by atoms with Gasteiger partial charge in [-0.2, -0.15) is 0 Å². The number of rotatable bonds is 8. The fraction of sp³-hybridized carbons (Fsp3) is 0.458. The van der Waals surface area contributed by atoms with Gasteiger partial charge in [0.2, 0.25) is 7.85 Å². The largest absolute Gasteiger partial charge is 0.489 e. The first-order valence-corrected chi connectivity index (χ1v) is 10.7. The third kappa shape index (κ3) is 6.25. The fourth-order valence-electron chi connectivity index (χ4n) is 3.80. The molecule has 1 aliphatic rings. The molecule has 1 saturated heterocycles. The van der Waals surface area contributed by atoms with Crippen LogP contribution in [0.15, 0.2) is 48.5 Å². The summed E-state index contributed by atoms with van der Waals surface area (Å²) >= 11 is 0. The van der Waals surface area contributed by atoms with E-state index in [1.165, 1.54) is 17.8 Å². The molecule has 30 heavy (non-hydrogen) atoms. The zero-order chi connectivity index (χ0) is 21.5. The molecule has 3 rings (SSSR count). The van der Waals surface area contributed by atoms with E-state index in [2.05, 4.69) is 30.9 Å². The summed E-state index contributed by atoms with van der Waals surface area (Å²) in [5.41, 5.74) is 2.10. The van der Waals surface area contributed by atoms with Gasteiger partial charge in [0.25, 0.3) is 0 Å². The Balaban J connectivity index is 1.64. The number of amides is 1. The standard InChI is InChI=1S/C24H30BFN2O2/c1-18(2)11-16-28(22-12-14-27(15-13-22)24(25)29)21-7-9-23(10-8-21)30-17-19-3-5-20(26)6-4-19/h3-10,18,22H,11-17H2,1-2H3. The van der Waals surface area contributed by atoms with E-state index in [-0.39, 0.29) is 11.6 Å². The molecule has 1 heterocycles. The highest BCUT2D eigenvalue weighted by molar-refractivity contribution is 6.56. The monoisotopic (exact) mass is 408 g/mol. The van der Waals surface area contributed by atoms with Crippen LogP contribution in [0.25, 0.3) is 0 Å². The third-order valence-corrected chi connectivity index (χ3v) is 5.65. The Morgan fingerprint density at radius 1 is 1.13 bits per heavy atom. The van der Waals surface area contributed by atoms with Crippen LogP contribution in [0.2, 0.25) is 0 Å². The van der Waals surface area contributed by atoms with Crippen LogP contribution in [-0.2, 0) is 6.61 Å². The number of hydrogen-bond donors (Lipinski definition) is 0. The van der Waals surface area contributed by atoms with Crippen molar-refractivity contribution in [1.82, 2.24) is 4.90 Å². The Morgan fingerprint density at radius 2 is 1.77 bits per heavy atom. The van der Waals surface area contributed by atoms with Crippen LogP contribution in [0.4, 0.5) is 14.9 Å². The number of carbonyl (C=O) groups excluding carboxylic acids is 1. The maximum atomic E-state index is 13.0. The van der Waals surface area contributed by atoms with Gasteiger partial charge in [-0.1, -0.05) is 26.0 Å². The fourth-order valence-corrected chi connectivity index (χ4v) is 3.80. The molecular formula is C24H30BFN2O2. The van der Waals surface area contributed by atoms with Gasteiger partial charge in [0, 0.05) is 31.4 Å². The molecule has 1 aliphatic heterocycles. The number of benzene rings is 2. The molecule has 2 radical (unpaired) electrons. The van der Waals surface area contributed by atoms with Crippen LogP contribution < -0.4 is 9.64 Å². The summed E-state index contributed by atoms with van der Waals surface area (Å²) in [6.45, 7) is 7.27. The lowest BCUT2D eigenvalue weighted by molar-refractivity contribution is 0.202. The minimum absolute atomic E-state index is 0.244. The second-order valence-electron chi connectivity index (χ2n) is 8.34. The van der Waals surface area contributed by atoms with E-state index in [1.54, 1.807) is 17.0 Å². The molecule has 2 aromatic carbocycles. The van der Waals surface area contributed by atoms with E-state index in [0.717, 1.165) is 37.1 Å². The lowest BCUT2D eigenvalue weighted by atomic mass is 9.98. The van der Waals surface area contributed by atoms with Gasteiger partial charge in [0.1, 0.15) is 18.2 Å². The van der Waals surface area contributed by atoms with Gasteiger partial charge in [-0.3, -0.25) is 4.79 Å². The maximum absolute atomic E-state index is 13.0. The molecule has 1 fully saturated rings. The predicted octanol–water partition coefficient (Wildman–Crippen LogP) is 5.01. The molecule has 4 nitrogen and oxygen atoms in total. The number of carbonyl (C=O) groups is 1. The van der Waals surface area contributed by atoms with Crippen molar-refractivity contribution in [1.29, 1.82) is 0 Å². The molecule has 6 heteroatoms. The van der Waals surface area contributed by atoms with Crippen molar-refractivity contribution in [3.63, 3.8) is 0 Å². The quantitative estimate of drug-likeness (QED) is 0.576. The van der Waals surface area contributed by atoms with Gasteiger partial charge in [-0.05, 0) is 67.1 Å². The summed E-state index contributed by atoms with van der Waals surface area (Å²) in [5, 5.41) is 0. The number of ether oxygens (including phenoxy) is 1. The number of anilines is 1. The topological polar surface area (TPSA) is 32.8 Å². The molecule has 0 aromatic heterocycles. The van der Waals surface area contributed by atoms with Crippen LogP contribution in [0.5, 0.6) is 5.75 Å². The summed E-state index contributed by atoms with van der Waals surface area (Å²) in [6, 6.07) is 14.9. The highest BCUT2D eigenvalue weighted by atomic mass is 19.1. The van der Waals surface area contributed by atoms with Crippen molar-refractivity contribution in [2.24, 2.45) is 5.92 Å². The lowest BCUT2D eigenvalue weighted by Crippen LogP contribution is -2.47. The Kier molecular flexibility index (Phi) is 7.78. The van der Waals surface area contributed by atoms with Crippen LogP contribution in [0.1, 0.15) is 38.7 Å². The van der Waals surface area contributed by atoms with Crippen LogP contribution in [0, 0.1) is 11.7 Å². The van der Waals surface area contributed by atoms with Gasteiger partial charge in [0.05, 0.1) is 0 Å². The van der Waals surface area contributed by atoms with Crippen molar-refractivity contribution < 1.29 is 13.9 Å². The summed E-state index contributed by atoms with van der Waals surface area (Å²) in [7, 11) is 5.43. The molecule has 0 atom stereocenters. The molecule has 158 valence electrons. The highest BCUT2D eigenvalue weighted by Crippen LogP contribution is 2.27. The molecule has 2 aromatic rings. The van der Waals surface area contributed by atoms with E-state index < -0.39 is 0 Å². The first-order chi connectivity index (χ1) is 14.4. The van der Waals surface area contributed by atoms with E-state index >= 15 is 0 Å². The second kappa shape index (κ2) is 10.5. The van der Waals surface area contributed by atoms with E-state index in [4.69, 9.17) is 12.6 Å². The van der Waals surface area contributed by atoms with E-state index in [0.29, 0.717) is 31.7 Å². The van der Waals surface area contributed by atoms with Crippen molar-refractivity contribution in [2.45, 2.75) is 45.8 Å². The molecule has 0 N–H and O–H groups in total. The maximum Gasteiger partial charge on any atom is 0.200 e. The van der Waals surface area contributed by atoms with E-state index in [9.17, 15) is 9.18 Å². The Hall–Kier alpha value is -2.50. The van der Waals surface area contributed by atoms with Crippen molar-refractivity contribution in [2.75, 3.05) is 24.5 Å². The number of halogens is 1. The van der Waals surface area contributed by atoms with Crippen molar-refractivity contribution >= 4 is 19.3 Å². The van der Waals surface area contributed by atoms with Crippen LogP contribution >= 0.6 is 0 Å². The number of nitrogens with zero attached hydrogens (tertiary/aromatic N) is 2. The molecule has 0 saturated carbocycles. The Bertz CT molecular complexity index is 803. The zero-order valence-corrected chi connectivity index (χ0v) is 17.9. The van der Waals surface area contributed by atoms with E-state index in [1.807, 2.05) is 12.1 Å². The smallest absolute Gasteiger partial charge is 0.200 e. The van der Waals surface area contributed by atoms with Gasteiger partial charge in [-0.25, -0.2) is 4.39 Å². The van der Waals surface area contributed by atoms with Gasteiger partial charge in [0.15, 0.2) is 5.81 Å². The van der Waals surface area contributed by atoms with Crippen molar-refractivity contribution in [3.8, 4) is 5.75 Å². The first-order valence-electron chi connectivity index (χ1n) is 10.7. The number of piperidine rings is 1. The summed E-state index contributed by atoms with van der Waals surface area (Å²) in [4.78, 5) is 15.6. The molecule has 0 aliphatic carbocycles. The normalized spacial score (nSPS) is 14.7. The third-order valence-electron chi connectivity index (χ3n) is 5.65. The molecule has 0 unspecified atom stereocenters. The summed E-state index contributed by atoms with van der Waals surface area (Å²) in [5.74, 6) is 0.836. The SMILES string of the molecule is [B]C(=O)N1CCC(N(CCC(C)C)c2ccc(OCc3ccc(F)cc3)cc2)CC1. The van der Waals surface area contributed by atoms with Gasteiger partial charge in [-0.15, -0.1) is 0 Å². The van der Waals surface area contributed by atoms with Crippen LogP contribution in [-0.4, -0.2) is 44.2 Å². The first kappa shape index (κ1) is 22.2. The summed E-state index contributed by atoms with van der Waals surface area (Å²) < 4.78 is 18.9. The molecule has 0 spiro atoms. The average molecular weight is 408 g/mol. The van der Waals surface area contributed by atoms with Gasteiger partial charge < -0.3 is 14.5 Å². The minimum atomic E-state index is -0.329. The molecular weight excluding hydrogens is 378 g/mol. The summed E-state index contributed by atoms with van der Waals surface area (Å²) in [6.07, 6.45) is 2.95. The highest BCUT2D eigenvalue weighted by Gasteiger charge is 2.25. The Labute approximate surface area is 180 Å². The lowest BCUT2D eigenvalue weighted by Gasteiger charge is -2.40. The Morgan fingerprint density at radius 3 is 2.33 bits per heavy atom. The average Bonchev–Trinajstić information content (AvgIpc) is 2.74. The molecule has 0 bridgehead atoms. The predicted molar refractivity (Wildman–Crippen MR) is 120 cm³/mol. The zero-order valence-electron chi connectivity index (χ0n) is 17.9.